The van der Waals surface area contributed by atoms with Crippen molar-refractivity contribution in [3.05, 3.63) is 55.2 Å². The predicted octanol–water partition coefficient (Wildman–Crippen LogP) is 5.06. The first kappa shape index (κ1) is 13.9. The number of ketones is 1. The molecule has 0 saturated heterocycles. The molecule has 5 heteroatoms. The molecule has 0 radical (unpaired) electrons. The summed E-state index contributed by atoms with van der Waals surface area (Å²) in [5.41, 5.74) is 0.688. The van der Waals surface area contributed by atoms with E-state index in [0.717, 1.165) is 4.88 Å². The molecule has 2 rings (SSSR count). The quantitative estimate of drug-likeness (QED) is 0.769. The molecule has 0 aliphatic carbocycles. The van der Waals surface area contributed by atoms with Crippen LogP contribution in [-0.2, 0) is 17.6 Å². The van der Waals surface area contributed by atoms with Gasteiger partial charge in [0, 0.05) is 27.8 Å². The lowest BCUT2D eigenvalue weighted by molar-refractivity contribution is -0.117. The van der Waals surface area contributed by atoms with Crippen LogP contribution in [0.5, 0.6) is 0 Å². The first-order chi connectivity index (χ1) is 8.56. The first-order valence-corrected chi connectivity index (χ1v) is 7.20. The van der Waals surface area contributed by atoms with Crippen molar-refractivity contribution in [1.82, 2.24) is 0 Å². The van der Waals surface area contributed by atoms with Crippen LogP contribution in [0.2, 0.25) is 14.4 Å². The number of halogens is 3. The van der Waals surface area contributed by atoms with E-state index in [-0.39, 0.29) is 12.2 Å². The monoisotopic (exact) mass is 318 g/mol. The van der Waals surface area contributed by atoms with Crippen molar-refractivity contribution in [1.29, 1.82) is 0 Å². The minimum absolute atomic E-state index is 0.0727. The summed E-state index contributed by atoms with van der Waals surface area (Å²) in [6, 6.07) is 8.88. The lowest BCUT2D eigenvalue weighted by atomic mass is 10.1. The van der Waals surface area contributed by atoms with Crippen LogP contribution in [0.3, 0.4) is 0 Å². The molecule has 1 aromatic carbocycles. The normalized spacial score (nSPS) is 10.6. The van der Waals surface area contributed by atoms with Gasteiger partial charge in [-0.25, -0.2) is 0 Å². The molecule has 0 aliphatic heterocycles. The van der Waals surface area contributed by atoms with Gasteiger partial charge in [-0.3, -0.25) is 4.79 Å². The highest BCUT2D eigenvalue weighted by Crippen LogP contribution is 2.26. The maximum atomic E-state index is 11.9. The molecule has 1 nitrogen and oxygen atoms in total. The van der Waals surface area contributed by atoms with Crippen LogP contribution in [0.1, 0.15) is 10.4 Å². The highest BCUT2D eigenvalue weighted by atomic mass is 35.5. The van der Waals surface area contributed by atoms with E-state index in [2.05, 4.69) is 0 Å². The zero-order chi connectivity index (χ0) is 13.1. The lowest BCUT2D eigenvalue weighted by Gasteiger charge is -2.05. The second-order valence-electron chi connectivity index (χ2n) is 3.80. The number of benzene rings is 1. The third kappa shape index (κ3) is 3.48. The van der Waals surface area contributed by atoms with E-state index in [1.54, 1.807) is 24.3 Å². The molecule has 94 valence electrons. The van der Waals surface area contributed by atoms with Gasteiger partial charge < -0.3 is 0 Å². The molecule has 0 amide bonds. The van der Waals surface area contributed by atoms with Crippen LogP contribution in [0.25, 0.3) is 0 Å². The van der Waals surface area contributed by atoms with E-state index in [4.69, 9.17) is 34.8 Å². The number of hydrogen-bond acceptors (Lipinski definition) is 2. The number of rotatable bonds is 4. The van der Waals surface area contributed by atoms with Crippen LogP contribution in [0.15, 0.2) is 30.3 Å². The van der Waals surface area contributed by atoms with Crippen LogP contribution in [0, 0.1) is 0 Å². The maximum Gasteiger partial charge on any atom is 0.142 e. The average molecular weight is 320 g/mol. The van der Waals surface area contributed by atoms with Gasteiger partial charge in [-0.05, 0) is 29.8 Å². The lowest BCUT2D eigenvalue weighted by Crippen LogP contribution is -2.06. The predicted molar refractivity (Wildman–Crippen MR) is 78.2 cm³/mol. The maximum absolute atomic E-state index is 11.9. The van der Waals surface area contributed by atoms with Crippen LogP contribution in [-0.4, -0.2) is 5.78 Å². The molecule has 0 spiro atoms. The number of carbonyl (C=O) groups is 1. The summed E-state index contributed by atoms with van der Waals surface area (Å²) in [6.45, 7) is 0. The molecule has 0 bridgehead atoms. The fraction of sp³-hybridized carbons (Fsp3) is 0.154. The minimum atomic E-state index is 0.0727. The number of hydrogen-bond donors (Lipinski definition) is 0. The molecule has 0 atom stereocenters. The van der Waals surface area contributed by atoms with Gasteiger partial charge in [-0.1, -0.05) is 40.9 Å². The Bertz CT molecular complexity index is 557. The Hall–Kier alpha value is -0.540. The van der Waals surface area contributed by atoms with Gasteiger partial charge in [0.1, 0.15) is 5.78 Å². The van der Waals surface area contributed by atoms with Crippen molar-refractivity contribution in [2.45, 2.75) is 12.8 Å². The van der Waals surface area contributed by atoms with E-state index in [9.17, 15) is 4.79 Å². The summed E-state index contributed by atoms with van der Waals surface area (Å²) in [5.74, 6) is 0.0727. The number of carbonyl (C=O) groups excluding carboxylic acids is 1. The second-order valence-corrected chi connectivity index (χ2v) is 6.41. The smallest absolute Gasteiger partial charge is 0.142 e. The number of Topliss-reactive ketones (excluding diaryl/α,β-unsaturated/α-hetero) is 1. The van der Waals surface area contributed by atoms with Gasteiger partial charge in [0.2, 0.25) is 0 Å². The Morgan fingerprint density at radius 2 is 1.67 bits per heavy atom. The molecule has 0 aliphatic rings. The van der Waals surface area contributed by atoms with Crippen molar-refractivity contribution in [2.75, 3.05) is 0 Å². The van der Waals surface area contributed by atoms with E-state index < -0.39 is 0 Å². The third-order valence-electron chi connectivity index (χ3n) is 2.44. The summed E-state index contributed by atoms with van der Waals surface area (Å²) in [6.07, 6.45) is 0.604. The molecule has 0 N–H and O–H groups in total. The fourth-order valence-electron chi connectivity index (χ4n) is 1.60. The highest BCUT2D eigenvalue weighted by molar-refractivity contribution is 7.16. The van der Waals surface area contributed by atoms with Crippen molar-refractivity contribution < 1.29 is 4.79 Å². The van der Waals surface area contributed by atoms with Crippen LogP contribution in [0.4, 0.5) is 0 Å². The molecule has 0 saturated carbocycles. The summed E-state index contributed by atoms with van der Waals surface area (Å²) >= 11 is 19.3. The molecule has 0 fully saturated rings. The van der Waals surface area contributed by atoms with Crippen LogP contribution >= 0.6 is 46.1 Å². The SMILES string of the molecule is O=C(Cc1ccc(Cl)s1)Cc1c(Cl)cccc1Cl. The van der Waals surface area contributed by atoms with Gasteiger partial charge in [0.15, 0.2) is 0 Å². The van der Waals surface area contributed by atoms with Crippen LogP contribution < -0.4 is 0 Å². The Morgan fingerprint density at radius 3 is 2.22 bits per heavy atom. The van der Waals surface area contributed by atoms with Crippen molar-refractivity contribution in [2.24, 2.45) is 0 Å². The molecule has 18 heavy (non-hydrogen) atoms. The third-order valence-corrected chi connectivity index (χ3v) is 4.38. The van der Waals surface area contributed by atoms with E-state index in [1.165, 1.54) is 11.3 Å². The Morgan fingerprint density at radius 1 is 1.00 bits per heavy atom. The zero-order valence-corrected chi connectivity index (χ0v) is 12.3. The summed E-state index contributed by atoms with van der Waals surface area (Å²) in [5, 5.41) is 1.06. The van der Waals surface area contributed by atoms with Gasteiger partial charge in [0.25, 0.3) is 0 Å². The minimum Gasteiger partial charge on any atom is -0.299 e. The highest BCUT2D eigenvalue weighted by Gasteiger charge is 2.12. The van der Waals surface area contributed by atoms with E-state index in [1.807, 2.05) is 6.07 Å². The van der Waals surface area contributed by atoms with Crippen molar-refractivity contribution >= 4 is 51.9 Å². The second kappa shape index (κ2) is 6.07. The molecular weight excluding hydrogens is 311 g/mol. The zero-order valence-electron chi connectivity index (χ0n) is 9.25. The average Bonchev–Trinajstić information content (AvgIpc) is 2.69. The molecule has 1 aromatic heterocycles. The number of thiophene rings is 1. The summed E-state index contributed by atoms with van der Waals surface area (Å²) in [7, 11) is 0. The van der Waals surface area contributed by atoms with Gasteiger partial charge in [-0.15, -0.1) is 11.3 Å². The van der Waals surface area contributed by atoms with E-state index in [0.29, 0.717) is 26.4 Å². The molecule has 0 unspecified atom stereocenters. The molecular formula is C13H9Cl3OS. The first-order valence-electron chi connectivity index (χ1n) is 5.25. The Kier molecular flexibility index (Phi) is 4.68. The Labute approximate surface area is 124 Å². The molecule has 2 aromatic rings. The van der Waals surface area contributed by atoms with Gasteiger partial charge in [-0.2, -0.15) is 0 Å². The topological polar surface area (TPSA) is 17.1 Å². The molecule has 1 heterocycles. The van der Waals surface area contributed by atoms with Gasteiger partial charge >= 0.3 is 0 Å². The largest absolute Gasteiger partial charge is 0.299 e. The fourth-order valence-corrected chi connectivity index (χ4v) is 3.25. The van der Waals surface area contributed by atoms with Gasteiger partial charge in [0.05, 0.1) is 4.34 Å². The standard InChI is InChI=1S/C13H9Cl3OS/c14-11-2-1-3-12(15)10(11)7-8(17)6-9-4-5-13(16)18-9/h1-5H,6-7H2. The Balaban J connectivity index is 2.08. The van der Waals surface area contributed by atoms with Crippen molar-refractivity contribution in [3.63, 3.8) is 0 Å². The van der Waals surface area contributed by atoms with Crippen molar-refractivity contribution in [3.8, 4) is 0 Å². The summed E-state index contributed by atoms with van der Waals surface area (Å²) < 4.78 is 0.688. The summed E-state index contributed by atoms with van der Waals surface area (Å²) in [4.78, 5) is 12.9. The van der Waals surface area contributed by atoms with E-state index >= 15 is 0 Å².